The van der Waals surface area contributed by atoms with Crippen molar-refractivity contribution >= 4 is 12.6 Å². The Bertz CT molecular complexity index is 171. The zero-order valence-electron chi connectivity index (χ0n) is 10.8. The number of thiol groups is 1. The van der Waals surface area contributed by atoms with Crippen molar-refractivity contribution in [2.75, 3.05) is 39.1 Å². The first-order chi connectivity index (χ1) is 7.72. The van der Waals surface area contributed by atoms with Crippen LogP contribution in [0.15, 0.2) is 0 Å². The molecule has 0 aromatic carbocycles. The Kier molecular flexibility index (Phi) is 7.50. The third-order valence-electron chi connectivity index (χ3n) is 3.45. The van der Waals surface area contributed by atoms with Gasteiger partial charge < -0.3 is 9.64 Å². The lowest BCUT2D eigenvalue weighted by Crippen LogP contribution is -2.32. The highest BCUT2D eigenvalue weighted by Gasteiger charge is 2.15. The zero-order chi connectivity index (χ0) is 11.8. The van der Waals surface area contributed by atoms with E-state index in [2.05, 4.69) is 31.5 Å². The number of hydrogen-bond donors (Lipinski definition) is 1. The first kappa shape index (κ1) is 14.3. The molecule has 3 heteroatoms. The molecule has 16 heavy (non-hydrogen) atoms. The van der Waals surface area contributed by atoms with E-state index in [4.69, 9.17) is 4.74 Å². The summed E-state index contributed by atoms with van der Waals surface area (Å²) in [5.74, 6) is 2.59. The molecule has 2 nitrogen and oxygen atoms in total. The Morgan fingerprint density at radius 2 is 2.25 bits per heavy atom. The quantitative estimate of drug-likeness (QED) is 0.692. The second-order valence-electron chi connectivity index (χ2n) is 5.25. The van der Waals surface area contributed by atoms with E-state index in [0.29, 0.717) is 0 Å². The van der Waals surface area contributed by atoms with Gasteiger partial charge in [0.1, 0.15) is 0 Å². The smallest absolute Gasteiger partial charge is 0.0506 e. The van der Waals surface area contributed by atoms with E-state index in [0.717, 1.165) is 30.8 Å². The highest BCUT2D eigenvalue weighted by Crippen LogP contribution is 2.15. The maximum atomic E-state index is 5.51. The van der Waals surface area contributed by atoms with Crippen molar-refractivity contribution in [3.05, 3.63) is 0 Å². The lowest BCUT2D eigenvalue weighted by molar-refractivity contribution is 0.0415. The summed E-state index contributed by atoms with van der Waals surface area (Å²) in [6, 6.07) is 0. The van der Waals surface area contributed by atoms with Crippen molar-refractivity contribution in [3.8, 4) is 0 Å². The standard InChI is InChI=1S/C13H27NOS/c1-12(6-9-16)5-7-14(2)10-13-4-3-8-15-11-13/h12-13,16H,3-11H2,1-2H3. The topological polar surface area (TPSA) is 12.5 Å². The van der Waals surface area contributed by atoms with E-state index in [1.165, 1.54) is 38.8 Å². The highest BCUT2D eigenvalue weighted by atomic mass is 32.1. The van der Waals surface area contributed by atoms with Gasteiger partial charge >= 0.3 is 0 Å². The van der Waals surface area contributed by atoms with E-state index in [1.54, 1.807) is 0 Å². The van der Waals surface area contributed by atoms with Gasteiger partial charge in [-0.2, -0.15) is 12.6 Å². The van der Waals surface area contributed by atoms with Crippen LogP contribution in [0.25, 0.3) is 0 Å². The first-order valence-electron chi connectivity index (χ1n) is 6.59. The largest absolute Gasteiger partial charge is 0.381 e. The monoisotopic (exact) mass is 245 g/mol. The minimum absolute atomic E-state index is 0.763. The van der Waals surface area contributed by atoms with Gasteiger partial charge in [0.25, 0.3) is 0 Å². The van der Waals surface area contributed by atoms with Crippen molar-refractivity contribution in [2.45, 2.75) is 32.6 Å². The molecule has 0 aromatic rings. The summed E-state index contributed by atoms with van der Waals surface area (Å²) in [5, 5.41) is 0. The van der Waals surface area contributed by atoms with E-state index in [9.17, 15) is 0 Å². The van der Waals surface area contributed by atoms with Crippen LogP contribution in [0.2, 0.25) is 0 Å². The molecule has 0 aliphatic carbocycles. The first-order valence-corrected chi connectivity index (χ1v) is 7.22. The molecule has 0 bridgehead atoms. The number of ether oxygens (including phenoxy) is 1. The van der Waals surface area contributed by atoms with Crippen LogP contribution in [-0.2, 0) is 4.74 Å². The number of rotatable bonds is 7. The molecule has 0 amide bonds. The average molecular weight is 245 g/mol. The molecular formula is C13H27NOS. The second kappa shape index (κ2) is 8.37. The normalized spacial score (nSPS) is 23.6. The van der Waals surface area contributed by atoms with E-state index in [1.807, 2.05) is 0 Å². The Hall–Kier alpha value is 0.270. The van der Waals surface area contributed by atoms with Gasteiger partial charge in [-0.1, -0.05) is 6.92 Å². The highest BCUT2D eigenvalue weighted by molar-refractivity contribution is 7.80. The molecule has 0 N–H and O–H groups in total. The van der Waals surface area contributed by atoms with Crippen LogP contribution in [0.4, 0.5) is 0 Å². The van der Waals surface area contributed by atoms with Crippen LogP contribution in [0.5, 0.6) is 0 Å². The fourth-order valence-electron chi connectivity index (χ4n) is 2.29. The summed E-state index contributed by atoms with van der Waals surface area (Å²) in [4.78, 5) is 2.47. The fourth-order valence-corrected chi connectivity index (χ4v) is 2.73. The molecule has 96 valence electrons. The van der Waals surface area contributed by atoms with E-state index < -0.39 is 0 Å². The second-order valence-corrected chi connectivity index (χ2v) is 5.70. The van der Waals surface area contributed by atoms with Crippen molar-refractivity contribution in [1.82, 2.24) is 4.90 Å². The van der Waals surface area contributed by atoms with E-state index in [-0.39, 0.29) is 0 Å². The average Bonchev–Trinajstić information content (AvgIpc) is 2.28. The molecular weight excluding hydrogens is 218 g/mol. The summed E-state index contributed by atoms with van der Waals surface area (Å²) in [6.45, 7) is 6.68. The number of nitrogens with zero attached hydrogens (tertiary/aromatic N) is 1. The minimum atomic E-state index is 0.763. The van der Waals surface area contributed by atoms with Crippen LogP contribution >= 0.6 is 12.6 Å². The fraction of sp³-hybridized carbons (Fsp3) is 1.00. The Labute approximate surface area is 106 Å². The zero-order valence-corrected chi connectivity index (χ0v) is 11.7. The van der Waals surface area contributed by atoms with Gasteiger partial charge in [-0.05, 0) is 56.9 Å². The SMILES string of the molecule is CC(CCS)CCN(C)CC1CCCOC1. The van der Waals surface area contributed by atoms with Crippen LogP contribution < -0.4 is 0 Å². The molecule has 0 aromatic heterocycles. The van der Waals surface area contributed by atoms with Gasteiger partial charge in [-0.15, -0.1) is 0 Å². The molecule has 1 heterocycles. The summed E-state index contributed by atoms with van der Waals surface area (Å²) >= 11 is 4.28. The molecule has 1 aliphatic heterocycles. The minimum Gasteiger partial charge on any atom is -0.381 e. The molecule has 2 atom stereocenters. The van der Waals surface area contributed by atoms with Crippen molar-refractivity contribution in [1.29, 1.82) is 0 Å². The van der Waals surface area contributed by atoms with Gasteiger partial charge in [0, 0.05) is 13.2 Å². The van der Waals surface area contributed by atoms with Crippen molar-refractivity contribution in [3.63, 3.8) is 0 Å². The van der Waals surface area contributed by atoms with Crippen LogP contribution in [0.1, 0.15) is 32.6 Å². The lowest BCUT2D eigenvalue weighted by Gasteiger charge is -2.27. The van der Waals surface area contributed by atoms with Gasteiger partial charge in [0.2, 0.25) is 0 Å². The van der Waals surface area contributed by atoms with E-state index >= 15 is 0 Å². The molecule has 0 spiro atoms. The maximum Gasteiger partial charge on any atom is 0.0506 e. The summed E-state index contributed by atoms with van der Waals surface area (Å²) in [5.41, 5.74) is 0. The molecule has 1 aliphatic rings. The molecule has 0 radical (unpaired) electrons. The van der Waals surface area contributed by atoms with Gasteiger partial charge in [0.05, 0.1) is 6.61 Å². The third-order valence-corrected chi connectivity index (χ3v) is 3.71. The molecule has 2 unspecified atom stereocenters. The Balaban J connectivity index is 2.07. The van der Waals surface area contributed by atoms with Crippen molar-refractivity contribution in [2.24, 2.45) is 11.8 Å². The Morgan fingerprint density at radius 3 is 2.88 bits per heavy atom. The summed E-state index contributed by atoms with van der Waals surface area (Å²) in [6.07, 6.45) is 5.12. The van der Waals surface area contributed by atoms with Crippen LogP contribution in [0, 0.1) is 11.8 Å². The molecule has 0 saturated carbocycles. The molecule has 1 fully saturated rings. The maximum absolute atomic E-state index is 5.51. The van der Waals surface area contributed by atoms with Crippen LogP contribution in [-0.4, -0.2) is 44.0 Å². The number of hydrogen-bond acceptors (Lipinski definition) is 3. The van der Waals surface area contributed by atoms with Crippen LogP contribution in [0.3, 0.4) is 0 Å². The molecule has 1 saturated heterocycles. The Morgan fingerprint density at radius 1 is 1.44 bits per heavy atom. The van der Waals surface area contributed by atoms with Gasteiger partial charge in [0.15, 0.2) is 0 Å². The molecule has 1 rings (SSSR count). The lowest BCUT2D eigenvalue weighted by atomic mass is 10.0. The predicted molar refractivity (Wildman–Crippen MR) is 73.3 cm³/mol. The van der Waals surface area contributed by atoms with Gasteiger partial charge in [-0.25, -0.2) is 0 Å². The van der Waals surface area contributed by atoms with Crippen molar-refractivity contribution < 1.29 is 4.74 Å². The predicted octanol–water partition coefficient (Wildman–Crippen LogP) is 2.69. The summed E-state index contributed by atoms with van der Waals surface area (Å²) < 4.78 is 5.51. The van der Waals surface area contributed by atoms with Gasteiger partial charge in [-0.3, -0.25) is 0 Å². The summed E-state index contributed by atoms with van der Waals surface area (Å²) in [7, 11) is 2.24. The third kappa shape index (κ3) is 6.12.